The lowest BCUT2D eigenvalue weighted by atomic mass is 10.2. The summed E-state index contributed by atoms with van der Waals surface area (Å²) < 4.78 is 52.7. The summed E-state index contributed by atoms with van der Waals surface area (Å²) in [5.41, 5.74) is 16.7. The lowest BCUT2D eigenvalue weighted by Gasteiger charge is -2.13. The number of benzene rings is 1. The van der Waals surface area contributed by atoms with E-state index >= 15 is 0 Å². The van der Waals surface area contributed by atoms with E-state index in [4.69, 9.17) is 11.1 Å². The molecule has 0 aliphatic carbocycles. The van der Waals surface area contributed by atoms with Crippen LogP contribution in [0, 0.1) is 5.92 Å². The zero-order valence-corrected chi connectivity index (χ0v) is 13.8. The van der Waals surface area contributed by atoms with Crippen molar-refractivity contribution in [3.8, 4) is 0 Å². The molecule has 0 amide bonds. The van der Waals surface area contributed by atoms with E-state index in [2.05, 4.69) is 24.2 Å². The second-order valence-electron chi connectivity index (χ2n) is 4.73. The third-order valence-corrected chi connectivity index (χ3v) is 4.84. The second kappa shape index (κ2) is 7.20. The summed E-state index contributed by atoms with van der Waals surface area (Å²) >= 11 is 0. The SMILES string of the molecule is CC(C)CNc1ccc(S(=O)(=O)N=[N+]=[N-])cc1S(=O)(=O)N=[N+]=[N-]. The van der Waals surface area contributed by atoms with E-state index in [9.17, 15) is 16.8 Å². The summed E-state index contributed by atoms with van der Waals surface area (Å²) in [6, 6.07) is 3.06. The Hall–Kier alpha value is -2.46. The summed E-state index contributed by atoms with van der Waals surface area (Å²) in [6.07, 6.45) is 0. The summed E-state index contributed by atoms with van der Waals surface area (Å²) in [6.45, 7) is 4.17. The molecule has 0 radical (unpaired) electrons. The quantitative estimate of drug-likeness (QED) is 0.446. The van der Waals surface area contributed by atoms with Gasteiger partial charge < -0.3 is 5.32 Å². The van der Waals surface area contributed by atoms with Gasteiger partial charge in [-0.1, -0.05) is 13.8 Å². The van der Waals surface area contributed by atoms with Gasteiger partial charge in [0.05, 0.1) is 15.5 Å². The molecule has 0 saturated carbocycles. The molecule has 1 N–H and O–H groups in total. The Morgan fingerprint density at radius 1 is 1.09 bits per heavy atom. The molecule has 23 heavy (non-hydrogen) atoms. The van der Waals surface area contributed by atoms with Gasteiger partial charge in [0, 0.05) is 25.4 Å². The Kier molecular flexibility index (Phi) is 5.82. The first kappa shape index (κ1) is 18.6. The maximum absolute atomic E-state index is 12.0. The molecule has 1 aromatic rings. The molecular weight excluding hydrogens is 346 g/mol. The number of azide groups is 2. The predicted octanol–water partition coefficient (Wildman–Crippen LogP) is 2.75. The molecular formula is C10H13N7O4S2. The molecule has 0 atom stereocenters. The maximum atomic E-state index is 12.0. The lowest BCUT2D eigenvalue weighted by Crippen LogP contribution is -2.12. The summed E-state index contributed by atoms with van der Waals surface area (Å²) in [5, 5.41) is 2.83. The fourth-order valence-corrected chi connectivity index (χ4v) is 3.17. The van der Waals surface area contributed by atoms with Crippen molar-refractivity contribution in [3.63, 3.8) is 0 Å². The van der Waals surface area contributed by atoms with Crippen molar-refractivity contribution in [2.24, 2.45) is 15.0 Å². The minimum absolute atomic E-state index is 0.0750. The van der Waals surface area contributed by atoms with Crippen molar-refractivity contribution < 1.29 is 16.8 Å². The van der Waals surface area contributed by atoms with Crippen LogP contribution in [-0.2, 0) is 20.0 Å². The molecule has 0 heterocycles. The van der Waals surface area contributed by atoms with Crippen LogP contribution in [0.5, 0.6) is 0 Å². The van der Waals surface area contributed by atoms with Gasteiger partial charge in [0.25, 0.3) is 20.0 Å². The van der Waals surface area contributed by atoms with E-state index in [1.807, 2.05) is 13.8 Å². The van der Waals surface area contributed by atoms with E-state index in [-0.39, 0.29) is 11.6 Å². The molecule has 0 fully saturated rings. The number of nitrogens with zero attached hydrogens (tertiary/aromatic N) is 6. The van der Waals surface area contributed by atoms with Gasteiger partial charge in [-0.2, -0.15) is 0 Å². The van der Waals surface area contributed by atoms with Crippen LogP contribution >= 0.6 is 0 Å². The van der Waals surface area contributed by atoms with Crippen LogP contribution in [-0.4, -0.2) is 23.4 Å². The van der Waals surface area contributed by atoms with Crippen molar-refractivity contribution in [1.82, 2.24) is 0 Å². The first-order valence-electron chi connectivity index (χ1n) is 6.14. The monoisotopic (exact) mass is 359 g/mol. The summed E-state index contributed by atoms with van der Waals surface area (Å²) in [7, 11) is -8.81. The van der Waals surface area contributed by atoms with E-state index in [0.717, 1.165) is 12.1 Å². The number of hydrogen-bond acceptors (Lipinski definition) is 5. The molecule has 0 aromatic heterocycles. The maximum Gasteiger partial charge on any atom is 0.266 e. The Morgan fingerprint density at radius 2 is 1.65 bits per heavy atom. The standard InChI is InChI=1S/C10H13N7O4S2/c1-7(2)6-13-9-4-3-8(22(18,19)16-14-11)5-10(9)23(20,21)17-15-12/h3-5,7,13H,6H2,1-2H3. The third-order valence-electron chi connectivity index (χ3n) is 2.52. The Bertz CT molecular complexity index is 895. The second-order valence-corrected chi connectivity index (χ2v) is 7.86. The first-order chi connectivity index (χ1) is 10.6. The van der Waals surface area contributed by atoms with Crippen molar-refractivity contribution in [3.05, 3.63) is 39.1 Å². The molecule has 1 aromatic carbocycles. The van der Waals surface area contributed by atoms with Crippen LogP contribution in [0.2, 0.25) is 0 Å². The van der Waals surface area contributed by atoms with Crippen molar-refractivity contribution in [1.29, 1.82) is 0 Å². The molecule has 11 nitrogen and oxygen atoms in total. The van der Waals surface area contributed by atoms with E-state index in [0.29, 0.717) is 6.54 Å². The molecule has 0 aliphatic heterocycles. The van der Waals surface area contributed by atoms with Crippen LogP contribution in [0.25, 0.3) is 20.9 Å². The van der Waals surface area contributed by atoms with E-state index < -0.39 is 29.8 Å². The number of nitrogens with one attached hydrogen (secondary N) is 1. The van der Waals surface area contributed by atoms with Gasteiger partial charge in [0.2, 0.25) is 0 Å². The van der Waals surface area contributed by atoms with Gasteiger partial charge in [-0.3, -0.25) is 0 Å². The normalized spacial score (nSPS) is 11.4. The highest BCUT2D eigenvalue weighted by molar-refractivity contribution is 7.91. The van der Waals surface area contributed by atoms with Gasteiger partial charge in [-0.25, -0.2) is 16.8 Å². The molecule has 1 rings (SSSR count). The predicted molar refractivity (Wildman–Crippen MR) is 82.4 cm³/mol. The average molecular weight is 359 g/mol. The van der Waals surface area contributed by atoms with E-state index in [1.165, 1.54) is 6.07 Å². The van der Waals surface area contributed by atoms with Crippen LogP contribution in [0.4, 0.5) is 5.69 Å². The smallest absolute Gasteiger partial charge is 0.266 e. The number of hydrogen-bond donors (Lipinski definition) is 1. The van der Waals surface area contributed by atoms with Gasteiger partial charge in [0.15, 0.2) is 0 Å². The lowest BCUT2D eigenvalue weighted by molar-refractivity contribution is 0.595. The highest BCUT2D eigenvalue weighted by Crippen LogP contribution is 2.27. The minimum atomic E-state index is -4.44. The van der Waals surface area contributed by atoms with Crippen LogP contribution in [0.1, 0.15) is 13.8 Å². The molecule has 0 spiro atoms. The van der Waals surface area contributed by atoms with Crippen LogP contribution in [0.3, 0.4) is 0 Å². The van der Waals surface area contributed by atoms with Gasteiger partial charge in [-0.05, 0) is 35.2 Å². The van der Waals surface area contributed by atoms with Gasteiger partial charge in [-0.15, -0.1) is 0 Å². The topological polar surface area (TPSA) is 178 Å². The Balaban J connectivity index is 3.57. The van der Waals surface area contributed by atoms with Gasteiger partial charge >= 0.3 is 0 Å². The van der Waals surface area contributed by atoms with E-state index in [1.54, 1.807) is 0 Å². The number of sulfonamides is 2. The zero-order chi connectivity index (χ0) is 17.7. The molecule has 0 bridgehead atoms. The molecule has 124 valence electrons. The fourth-order valence-electron chi connectivity index (χ4n) is 1.52. The zero-order valence-electron chi connectivity index (χ0n) is 12.1. The Labute approximate surface area is 132 Å². The van der Waals surface area contributed by atoms with Crippen molar-refractivity contribution in [2.45, 2.75) is 23.6 Å². The van der Waals surface area contributed by atoms with Crippen molar-refractivity contribution >= 4 is 25.7 Å². The first-order valence-corrected chi connectivity index (χ1v) is 9.02. The highest BCUT2D eigenvalue weighted by atomic mass is 32.2. The van der Waals surface area contributed by atoms with Crippen LogP contribution in [0.15, 0.2) is 37.0 Å². The van der Waals surface area contributed by atoms with Gasteiger partial charge in [0.1, 0.15) is 0 Å². The minimum Gasteiger partial charge on any atom is -0.384 e. The fraction of sp³-hybridized carbons (Fsp3) is 0.400. The average Bonchev–Trinajstić information content (AvgIpc) is 2.44. The summed E-state index contributed by atoms with van der Waals surface area (Å²) in [5.74, 6) is 0.177. The Morgan fingerprint density at radius 3 is 2.17 bits per heavy atom. The largest absolute Gasteiger partial charge is 0.384 e. The molecule has 0 saturated heterocycles. The summed E-state index contributed by atoms with van der Waals surface area (Å²) in [4.78, 5) is 3.36. The molecule has 0 aliphatic rings. The van der Waals surface area contributed by atoms with Crippen LogP contribution < -0.4 is 5.32 Å². The molecule has 0 unspecified atom stereocenters. The highest BCUT2D eigenvalue weighted by Gasteiger charge is 2.22. The molecule has 13 heteroatoms. The number of anilines is 1. The third kappa shape index (κ3) is 4.76. The van der Waals surface area contributed by atoms with Crippen molar-refractivity contribution in [2.75, 3.05) is 11.9 Å². The number of rotatable bonds is 7.